The second-order valence-electron chi connectivity index (χ2n) is 7.61. The van der Waals surface area contributed by atoms with Crippen LogP contribution in [0.25, 0.3) is 33.7 Å². The van der Waals surface area contributed by atoms with E-state index >= 15 is 0 Å². The van der Waals surface area contributed by atoms with E-state index in [2.05, 4.69) is 44.1 Å². The summed E-state index contributed by atoms with van der Waals surface area (Å²) in [6.45, 7) is 4.38. The summed E-state index contributed by atoms with van der Waals surface area (Å²) < 4.78 is 5.45. The van der Waals surface area contributed by atoms with Gasteiger partial charge in [0.2, 0.25) is 0 Å². The van der Waals surface area contributed by atoms with Crippen LogP contribution in [0.5, 0.6) is 0 Å². The first kappa shape index (κ1) is 19.4. The molecule has 3 heterocycles. The molecule has 0 atom stereocenters. The van der Waals surface area contributed by atoms with Crippen molar-refractivity contribution in [2.75, 3.05) is 26.3 Å². The maximum Gasteiger partial charge on any atom is 0.335 e. The fourth-order valence-electron chi connectivity index (χ4n) is 3.91. The number of pyridine rings is 1. The summed E-state index contributed by atoms with van der Waals surface area (Å²) >= 11 is 0. The zero-order valence-corrected chi connectivity index (χ0v) is 16.9. The number of aromatic amines is 1. The van der Waals surface area contributed by atoms with Gasteiger partial charge < -0.3 is 14.8 Å². The maximum absolute atomic E-state index is 11.1. The number of carboxylic acid groups (broad SMARTS) is 1. The molecule has 0 aliphatic carbocycles. The molecule has 7 nitrogen and oxygen atoms in total. The van der Waals surface area contributed by atoms with E-state index in [1.165, 1.54) is 5.56 Å². The van der Waals surface area contributed by atoms with Crippen LogP contribution >= 0.6 is 0 Å². The third kappa shape index (κ3) is 4.05. The molecule has 31 heavy (non-hydrogen) atoms. The Kier molecular flexibility index (Phi) is 5.19. The van der Waals surface area contributed by atoms with Crippen molar-refractivity contribution in [3.8, 4) is 22.5 Å². The number of rotatable bonds is 5. The number of hydrogen-bond acceptors (Lipinski definition) is 5. The molecule has 0 saturated carbocycles. The summed E-state index contributed by atoms with van der Waals surface area (Å²) in [4.78, 5) is 25.9. The van der Waals surface area contributed by atoms with Gasteiger partial charge in [0.05, 0.1) is 24.3 Å². The van der Waals surface area contributed by atoms with Crippen LogP contribution in [0.15, 0.2) is 60.8 Å². The molecule has 156 valence electrons. The van der Waals surface area contributed by atoms with Gasteiger partial charge in [0.25, 0.3) is 0 Å². The van der Waals surface area contributed by atoms with Crippen LogP contribution in [0.1, 0.15) is 15.9 Å². The lowest BCUT2D eigenvalue weighted by Crippen LogP contribution is -2.35. The molecule has 2 aromatic carbocycles. The molecule has 1 aliphatic rings. The number of aromatic nitrogens is 3. The third-order valence-corrected chi connectivity index (χ3v) is 5.55. The number of hydrogen-bond donors (Lipinski definition) is 2. The normalized spacial score (nSPS) is 14.7. The van der Waals surface area contributed by atoms with Crippen LogP contribution in [0.3, 0.4) is 0 Å². The van der Waals surface area contributed by atoms with Gasteiger partial charge in [-0.25, -0.2) is 14.8 Å². The van der Waals surface area contributed by atoms with Gasteiger partial charge in [0.15, 0.2) is 5.65 Å². The molecule has 5 rings (SSSR count). The monoisotopic (exact) mass is 414 g/mol. The zero-order valence-electron chi connectivity index (χ0n) is 16.9. The highest BCUT2D eigenvalue weighted by Crippen LogP contribution is 2.29. The number of carbonyl (C=O) groups is 1. The molecule has 0 spiro atoms. The number of imidazole rings is 1. The zero-order chi connectivity index (χ0) is 21.2. The Morgan fingerprint density at radius 1 is 1.06 bits per heavy atom. The van der Waals surface area contributed by atoms with Gasteiger partial charge in [-0.05, 0) is 35.4 Å². The highest BCUT2D eigenvalue weighted by Gasteiger charge is 2.14. The van der Waals surface area contributed by atoms with Crippen molar-refractivity contribution < 1.29 is 14.6 Å². The number of nitrogens with one attached hydrogen (secondary N) is 1. The molecule has 1 fully saturated rings. The summed E-state index contributed by atoms with van der Waals surface area (Å²) in [5.41, 5.74) is 5.96. The van der Waals surface area contributed by atoms with Crippen LogP contribution in [-0.2, 0) is 11.3 Å². The van der Waals surface area contributed by atoms with Crippen LogP contribution < -0.4 is 0 Å². The third-order valence-electron chi connectivity index (χ3n) is 5.55. The van der Waals surface area contributed by atoms with Crippen molar-refractivity contribution >= 4 is 17.1 Å². The van der Waals surface area contributed by atoms with Gasteiger partial charge >= 0.3 is 5.97 Å². The van der Waals surface area contributed by atoms with Crippen molar-refractivity contribution in [3.63, 3.8) is 0 Å². The molecule has 0 amide bonds. The van der Waals surface area contributed by atoms with Crippen molar-refractivity contribution in [1.29, 1.82) is 0 Å². The first-order valence-corrected chi connectivity index (χ1v) is 10.3. The van der Waals surface area contributed by atoms with E-state index in [9.17, 15) is 4.79 Å². The molecule has 7 heteroatoms. The Morgan fingerprint density at radius 2 is 1.87 bits per heavy atom. The number of benzene rings is 2. The van der Waals surface area contributed by atoms with Crippen molar-refractivity contribution in [1.82, 2.24) is 19.9 Å². The van der Waals surface area contributed by atoms with Gasteiger partial charge in [-0.3, -0.25) is 4.90 Å². The van der Waals surface area contributed by atoms with E-state index in [1.807, 2.05) is 6.07 Å². The van der Waals surface area contributed by atoms with Crippen LogP contribution in [0, 0.1) is 0 Å². The number of fused-ring (bicyclic) bond motifs is 1. The number of nitrogens with zero attached hydrogens (tertiary/aromatic N) is 3. The minimum Gasteiger partial charge on any atom is -0.478 e. The quantitative estimate of drug-likeness (QED) is 0.516. The number of H-pyrrole nitrogens is 1. The Morgan fingerprint density at radius 3 is 2.65 bits per heavy atom. The maximum atomic E-state index is 11.1. The second kappa shape index (κ2) is 8.29. The molecule has 0 bridgehead atoms. The fourth-order valence-corrected chi connectivity index (χ4v) is 3.91. The molecular formula is C24H22N4O3. The Balaban J connectivity index is 1.48. The number of carboxylic acids is 1. The number of ether oxygens (including phenoxy) is 1. The molecule has 2 aromatic heterocycles. The molecule has 0 radical (unpaired) electrons. The first-order valence-electron chi connectivity index (χ1n) is 10.3. The van der Waals surface area contributed by atoms with Crippen molar-refractivity contribution in [2.24, 2.45) is 0 Å². The fraction of sp³-hybridized carbons (Fsp3) is 0.208. The molecule has 0 unspecified atom stereocenters. The van der Waals surface area contributed by atoms with Gasteiger partial charge in [-0.1, -0.05) is 30.3 Å². The molecule has 1 aliphatic heterocycles. The minimum atomic E-state index is -0.947. The highest BCUT2D eigenvalue weighted by molar-refractivity contribution is 5.92. The summed E-state index contributed by atoms with van der Waals surface area (Å²) in [5.74, 6) is -0.284. The van der Waals surface area contributed by atoms with E-state index in [4.69, 9.17) is 9.84 Å². The lowest BCUT2D eigenvalue weighted by molar-refractivity contribution is 0.0342. The average molecular weight is 414 g/mol. The second-order valence-corrected chi connectivity index (χ2v) is 7.61. The lowest BCUT2D eigenvalue weighted by Gasteiger charge is -2.26. The van der Waals surface area contributed by atoms with Crippen LogP contribution in [0.4, 0.5) is 0 Å². The van der Waals surface area contributed by atoms with Crippen LogP contribution in [-0.4, -0.2) is 57.2 Å². The summed E-state index contributed by atoms with van der Waals surface area (Å²) in [6.07, 6.45) is 1.77. The topological polar surface area (TPSA) is 91.3 Å². The van der Waals surface area contributed by atoms with Gasteiger partial charge in [0, 0.05) is 37.0 Å². The van der Waals surface area contributed by atoms with Gasteiger partial charge in [0.1, 0.15) is 5.82 Å². The smallest absolute Gasteiger partial charge is 0.335 e. The Bertz CT molecular complexity index is 1230. The summed E-state index contributed by atoms with van der Waals surface area (Å²) in [6, 6.07) is 17.2. The van der Waals surface area contributed by atoms with Crippen molar-refractivity contribution in [3.05, 3.63) is 71.9 Å². The van der Waals surface area contributed by atoms with E-state index < -0.39 is 5.97 Å². The Labute approximate surface area is 179 Å². The summed E-state index contributed by atoms with van der Waals surface area (Å²) in [7, 11) is 0. The van der Waals surface area contributed by atoms with Crippen LogP contribution in [0.2, 0.25) is 0 Å². The predicted molar refractivity (Wildman–Crippen MR) is 118 cm³/mol. The average Bonchev–Trinajstić information content (AvgIpc) is 3.24. The number of aromatic carboxylic acids is 1. The predicted octanol–water partition coefficient (Wildman–Crippen LogP) is 3.82. The first-order chi connectivity index (χ1) is 15.2. The molecular weight excluding hydrogens is 392 g/mol. The molecule has 1 saturated heterocycles. The molecule has 4 aromatic rings. The van der Waals surface area contributed by atoms with Gasteiger partial charge in [-0.2, -0.15) is 0 Å². The van der Waals surface area contributed by atoms with E-state index in [1.54, 1.807) is 30.5 Å². The molecule has 2 N–H and O–H groups in total. The Hall–Kier alpha value is -3.55. The lowest BCUT2D eigenvalue weighted by atomic mass is 10.0. The van der Waals surface area contributed by atoms with E-state index in [0.717, 1.165) is 55.1 Å². The largest absolute Gasteiger partial charge is 0.478 e. The standard InChI is InChI=1S/C24H22N4O3/c29-24(30)18-6-4-17(5-7-18)22-26-21-20(8-9-25-23(21)27-22)19-3-1-2-16(14-19)15-28-10-12-31-13-11-28/h1-9,14H,10-13,15H2,(H,29,30)(H,25,26,27). The van der Waals surface area contributed by atoms with E-state index in [-0.39, 0.29) is 5.56 Å². The minimum absolute atomic E-state index is 0.246. The number of morpholine rings is 1. The van der Waals surface area contributed by atoms with Crippen molar-refractivity contribution in [2.45, 2.75) is 6.54 Å². The highest BCUT2D eigenvalue weighted by atomic mass is 16.5. The SMILES string of the molecule is O=C(O)c1ccc(-c2nc3nccc(-c4cccc(CN5CCOCC5)c4)c3[nH]2)cc1. The van der Waals surface area contributed by atoms with E-state index in [0.29, 0.717) is 11.5 Å². The van der Waals surface area contributed by atoms with Gasteiger partial charge in [-0.15, -0.1) is 0 Å². The summed E-state index contributed by atoms with van der Waals surface area (Å²) in [5, 5.41) is 9.11.